The first-order valence-electron chi connectivity index (χ1n) is 14.1. The van der Waals surface area contributed by atoms with Gasteiger partial charge in [0.25, 0.3) is 5.91 Å². The molecule has 39 heavy (non-hydrogen) atoms. The Morgan fingerprint density at radius 2 is 1.74 bits per heavy atom. The number of fused-ring (bicyclic) bond motifs is 2. The third-order valence-electron chi connectivity index (χ3n) is 7.28. The van der Waals surface area contributed by atoms with Gasteiger partial charge < -0.3 is 28.7 Å². The van der Waals surface area contributed by atoms with Crippen molar-refractivity contribution in [3.8, 4) is 17.2 Å². The van der Waals surface area contributed by atoms with E-state index in [1.54, 1.807) is 7.11 Å². The fourth-order valence-corrected chi connectivity index (χ4v) is 5.25. The molecule has 0 bridgehead atoms. The fraction of sp³-hybridized carbons (Fsp3) is 0.548. The van der Waals surface area contributed by atoms with Crippen molar-refractivity contribution in [2.24, 2.45) is 5.92 Å². The van der Waals surface area contributed by atoms with Gasteiger partial charge in [0.1, 0.15) is 12.4 Å². The van der Waals surface area contributed by atoms with Crippen molar-refractivity contribution >= 4 is 11.8 Å². The van der Waals surface area contributed by atoms with Gasteiger partial charge >= 0.3 is 0 Å². The second-order valence-electron chi connectivity index (χ2n) is 10.7. The summed E-state index contributed by atoms with van der Waals surface area (Å²) >= 11 is 0. The minimum Gasteiger partial charge on any atom is -0.491 e. The van der Waals surface area contributed by atoms with E-state index in [4.69, 9.17) is 18.9 Å². The molecule has 1 atom stereocenters. The van der Waals surface area contributed by atoms with Crippen LogP contribution in [0, 0.1) is 5.92 Å². The summed E-state index contributed by atoms with van der Waals surface area (Å²) in [7, 11) is 1.65. The second-order valence-corrected chi connectivity index (χ2v) is 10.7. The lowest BCUT2D eigenvalue weighted by Gasteiger charge is -2.34. The molecule has 0 saturated heterocycles. The van der Waals surface area contributed by atoms with E-state index in [1.165, 1.54) is 0 Å². The molecular weight excluding hydrogens is 496 g/mol. The molecule has 0 aromatic heterocycles. The van der Waals surface area contributed by atoms with Crippen LogP contribution < -0.4 is 14.2 Å². The number of rotatable bonds is 7. The van der Waals surface area contributed by atoms with Crippen LogP contribution in [0.4, 0.5) is 0 Å². The van der Waals surface area contributed by atoms with Crippen LogP contribution in [0.3, 0.4) is 0 Å². The molecule has 212 valence electrons. The van der Waals surface area contributed by atoms with E-state index in [0.717, 1.165) is 37.7 Å². The summed E-state index contributed by atoms with van der Waals surface area (Å²) in [6.07, 6.45) is 4.89. The van der Waals surface area contributed by atoms with E-state index >= 15 is 0 Å². The minimum atomic E-state index is -0.109. The van der Waals surface area contributed by atoms with Gasteiger partial charge in [0.2, 0.25) is 12.7 Å². The third kappa shape index (κ3) is 7.88. The highest BCUT2D eigenvalue weighted by Gasteiger charge is 2.27. The number of carbonyl (C=O) groups excluding carboxylic acids is 2. The van der Waals surface area contributed by atoms with Gasteiger partial charge in [0.05, 0.1) is 24.6 Å². The van der Waals surface area contributed by atoms with Crippen molar-refractivity contribution in [1.82, 2.24) is 9.80 Å². The minimum absolute atomic E-state index is 0.0455. The smallest absolute Gasteiger partial charge is 0.257 e. The normalized spacial score (nSPS) is 18.5. The molecule has 2 amide bonds. The van der Waals surface area contributed by atoms with Gasteiger partial charge in [0, 0.05) is 26.7 Å². The summed E-state index contributed by atoms with van der Waals surface area (Å²) in [5.74, 6) is 2.36. The van der Waals surface area contributed by atoms with Crippen LogP contribution >= 0.6 is 0 Å². The van der Waals surface area contributed by atoms with Crippen LogP contribution in [0.15, 0.2) is 42.5 Å². The summed E-state index contributed by atoms with van der Waals surface area (Å²) in [4.78, 5) is 31.2. The average Bonchev–Trinajstić information content (AvgIpc) is 3.39. The number of amides is 2. The zero-order valence-corrected chi connectivity index (χ0v) is 23.5. The molecule has 8 heteroatoms. The molecule has 0 unspecified atom stereocenters. The van der Waals surface area contributed by atoms with Gasteiger partial charge in [-0.05, 0) is 55.0 Å². The molecule has 0 spiro atoms. The third-order valence-corrected chi connectivity index (χ3v) is 7.28. The van der Waals surface area contributed by atoms with Crippen molar-refractivity contribution in [3.05, 3.63) is 53.6 Å². The highest BCUT2D eigenvalue weighted by Crippen LogP contribution is 2.33. The molecule has 2 aromatic carbocycles. The van der Waals surface area contributed by atoms with Crippen molar-refractivity contribution in [1.29, 1.82) is 0 Å². The number of ether oxygens (including phenoxy) is 4. The van der Waals surface area contributed by atoms with Crippen molar-refractivity contribution in [2.45, 2.75) is 58.4 Å². The van der Waals surface area contributed by atoms with Crippen LogP contribution in [0.25, 0.3) is 0 Å². The summed E-state index contributed by atoms with van der Waals surface area (Å²) < 4.78 is 22.6. The first-order chi connectivity index (χ1) is 19.0. The lowest BCUT2D eigenvalue weighted by molar-refractivity contribution is -0.134. The van der Waals surface area contributed by atoms with E-state index in [2.05, 4.69) is 13.8 Å². The highest BCUT2D eigenvalue weighted by molar-refractivity contribution is 5.97. The molecule has 2 aliphatic rings. The quantitative estimate of drug-likeness (QED) is 0.497. The molecule has 2 aliphatic heterocycles. The zero-order chi connectivity index (χ0) is 27.6. The Labute approximate surface area is 232 Å². The maximum absolute atomic E-state index is 13.8. The van der Waals surface area contributed by atoms with Crippen molar-refractivity contribution in [3.63, 3.8) is 0 Å². The van der Waals surface area contributed by atoms with Gasteiger partial charge in [0.15, 0.2) is 11.5 Å². The highest BCUT2D eigenvalue weighted by atomic mass is 16.7. The van der Waals surface area contributed by atoms with Crippen LogP contribution in [0.1, 0.15) is 61.9 Å². The van der Waals surface area contributed by atoms with Gasteiger partial charge in [-0.2, -0.15) is 0 Å². The largest absolute Gasteiger partial charge is 0.491 e. The molecule has 0 aliphatic carbocycles. The zero-order valence-electron chi connectivity index (χ0n) is 23.5. The first kappa shape index (κ1) is 28.7. The SMILES string of the molecule is COCCN1CCCCCCN(C(=O)Cc2ccc3c(c2)OCO3)[C@@H](CC(C)C)COc2ccccc2C1=O. The predicted molar refractivity (Wildman–Crippen MR) is 149 cm³/mol. The molecule has 4 rings (SSSR count). The maximum Gasteiger partial charge on any atom is 0.257 e. The van der Waals surface area contributed by atoms with Crippen LogP contribution in [-0.4, -0.2) is 74.4 Å². The van der Waals surface area contributed by atoms with E-state index in [9.17, 15) is 9.59 Å². The Morgan fingerprint density at radius 1 is 0.974 bits per heavy atom. The van der Waals surface area contributed by atoms with Gasteiger partial charge in [-0.1, -0.05) is 44.9 Å². The van der Waals surface area contributed by atoms with Gasteiger partial charge in [-0.25, -0.2) is 0 Å². The Morgan fingerprint density at radius 3 is 2.54 bits per heavy atom. The Kier molecular flexibility index (Phi) is 10.5. The molecule has 8 nitrogen and oxygen atoms in total. The standard InChI is InChI=1S/C31H42N2O6/c1-23(2)18-25-21-37-27-11-7-6-10-26(27)31(35)32(16-17-36-3)14-8-4-5-9-15-33(25)30(34)20-24-12-13-28-29(19-24)39-22-38-28/h6-7,10-13,19,23,25H,4-5,8-9,14-18,20-22H2,1-3H3/t25-/m0/s1. The van der Waals surface area contributed by atoms with Gasteiger partial charge in [-0.15, -0.1) is 0 Å². The number of para-hydroxylation sites is 1. The molecule has 2 aromatic rings. The van der Waals surface area contributed by atoms with Gasteiger partial charge in [-0.3, -0.25) is 9.59 Å². The van der Waals surface area contributed by atoms with E-state index in [0.29, 0.717) is 61.6 Å². The van der Waals surface area contributed by atoms with Crippen molar-refractivity contribution in [2.75, 3.05) is 46.8 Å². The van der Waals surface area contributed by atoms with Crippen LogP contribution in [-0.2, 0) is 16.0 Å². The monoisotopic (exact) mass is 538 g/mol. The van der Waals surface area contributed by atoms with E-state index in [1.807, 2.05) is 52.3 Å². The summed E-state index contributed by atoms with van der Waals surface area (Å²) in [6, 6.07) is 13.0. The number of methoxy groups -OCH3 is 1. The number of carbonyl (C=O) groups is 2. The molecule has 0 fully saturated rings. The fourth-order valence-electron chi connectivity index (χ4n) is 5.25. The lowest BCUT2D eigenvalue weighted by atomic mass is 10.0. The van der Waals surface area contributed by atoms with E-state index < -0.39 is 0 Å². The van der Waals surface area contributed by atoms with Crippen molar-refractivity contribution < 1.29 is 28.5 Å². The maximum atomic E-state index is 13.8. The summed E-state index contributed by atoms with van der Waals surface area (Å²) in [6.45, 7) is 7.24. The predicted octanol–water partition coefficient (Wildman–Crippen LogP) is 4.94. The summed E-state index contributed by atoms with van der Waals surface area (Å²) in [5.41, 5.74) is 1.45. The van der Waals surface area contributed by atoms with E-state index in [-0.39, 0.29) is 31.1 Å². The number of nitrogens with zero attached hydrogens (tertiary/aromatic N) is 2. The molecule has 0 saturated carbocycles. The Bertz CT molecular complexity index is 1100. The average molecular weight is 539 g/mol. The molecular formula is C31H42N2O6. The number of benzene rings is 2. The van der Waals surface area contributed by atoms with Crippen LogP contribution in [0.2, 0.25) is 0 Å². The lowest BCUT2D eigenvalue weighted by Crippen LogP contribution is -2.46. The topological polar surface area (TPSA) is 77.5 Å². The Balaban J connectivity index is 1.57. The number of hydrogen-bond donors (Lipinski definition) is 0. The van der Waals surface area contributed by atoms with Crippen LogP contribution in [0.5, 0.6) is 17.2 Å². The second kappa shape index (κ2) is 14.2. The first-order valence-corrected chi connectivity index (χ1v) is 14.1. The molecule has 0 N–H and O–H groups in total. The summed E-state index contributed by atoms with van der Waals surface area (Å²) in [5, 5.41) is 0. The molecule has 2 heterocycles. The molecule has 0 radical (unpaired) electrons. The number of hydrogen-bond acceptors (Lipinski definition) is 6. The Hall–Kier alpha value is -3.26.